The number of para-hydroxylation sites is 1. The number of rotatable bonds is 6. The molecule has 0 saturated heterocycles. The molecule has 2 aromatic carbocycles. The summed E-state index contributed by atoms with van der Waals surface area (Å²) in [6, 6.07) is 14.3. The highest BCUT2D eigenvalue weighted by atomic mass is 35.5. The number of hydrogen-bond donors (Lipinski definition) is 0. The lowest BCUT2D eigenvalue weighted by molar-refractivity contribution is 0.0994. The van der Waals surface area contributed by atoms with Crippen LogP contribution < -0.4 is 5.56 Å². The van der Waals surface area contributed by atoms with Crippen LogP contribution in [0.5, 0.6) is 0 Å². The Balaban J connectivity index is 1.81. The summed E-state index contributed by atoms with van der Waals surface area (Å²) in [5.74, 6) is 0.445. The fourth-order valence-corrected chi connectivity index (χ4v) is 4.45. The lowest BCUT2D eigenvalue weighted by Crippen LogP contribution is -2.23. The molecule has 8 heteroatoms. The molecule has 29 heavy (non-hydrogen) atoms. The van der Waals surface area contributed by atoms with Crippen molar-refractivity contribution >= 4 is 45.8 Å². The van der Waals surface area contributed by atoms with Crippen LogP contribution in [0.1, 0.15) is 30.6 Å². The van der Waals surface area contributed by atoms with Gasteiger partial charge >= 0.3 is 0 Å². The maximum Gasteiger partial charge on any atom is 0.262 e. The van der Waals surface area contributed by atoms with Gasteiger partial charge < -0.3 is 0 Å². The van der Waals surface area contributed by atoms with Crippen molar-refractivity contribution in [1.82, 2.24) is 19.2 Å². The van der Waals surface area contributed by atoms with Gasteiger partial charge in [-0.25, -0.2) is 0 Å². The third kappa shape index (κ3) is 3.56. The number of fused-ring (bicyclic) bond motifs is 3. The average molecular weight is 427 g/mol. The lowest BCUT2D eigenvalue weighted by Gasteiger charge is -2.12. The molecule has 0 amide bonds. The Kier molecular flexibility index (Phi) is 5.43. The summed E-state index contributed by atoms with van der Waals surface area (Å²) in [7, 11) is 0. The summed E-state index contributed by atoms with van der Waals surface area (Å²) in [6.45, 7) is 4.39. The van der Waals surface area contributed by atoms with Crippen LogP contribution in [0.3, 0.4) is 0 Å². The Hall–Kier alpha value is -2.64. The number of hydrogen-bond acceptors (Lipinski definition) is 5. The highest BCUT2D eigenvalue weighted by Gasteiger charge is 2.22. The van der Waals surface area contributed by atoms with Crippen molar-refractivity contribution < 1.29 is 4.79 Å². The zero-order valence-electron chi connectivity index (χ0n) is 16.0. The lowest BCUT2D eigenvalue weighted by atomic mass is 10.1. The fourth-order valence-electron chi connectivity index (χ4n) is 3.32. The van der Waals surface area contributed by atoms with Crippen LogP contribution in [-0.2, 0) is 6.54 Å². The van der Waals surface area contributed by atoms with Crippen LogP contribution >= 0.6 is 23.4 Å². The van der Waals surface area contributed by atoms with Crippen LogP contribution in [0, 0.1) is 0 Å². The van der Waals surface area contributed by atoms with Crippen molar-refractivity contribution in [3.8, 4) is 0 Å². The van der Waals surface area contributed by atoms with E-state index in [0.29, 0.717) is 33.5 Å². The molecule has 0 N–H and O–H groups in total. The Bertz CT molecular complexity index is 1280. The van der Waals surface area contributed by atoms with Gasteiger partial charge in [-0.2, -0.15) is 0 Å². The molecule has 0 aliphatic carbocycles. The molecule has 0 saturated carbocycles. The van der Waals surface area contributed by atoms with Crippen LogP contribution in [0.4, 0.5) is 0 Å². The number of nitrogens with zero attached hydrogens (tertiary/aromatic N) is 4. The van der Waals surface area contributed by atoms with Crippen molar-refractivity contribution in [2.45, 2.75) is 37.2 Å². The van der Waals surface area contributed by atoms with Crippen LogP contribution in [0.2, 0.25) is 5.02 Å². The number of benzene rings is 2. The summed E-state index contributed by atoms with van der Waals surface area (Å²) >= 11 is 7.34. The Labute approximate surface area is 176 Å². The molecule has 1 unspecified atom stereocenters. The van der Waals surface area contributed by atoms with Gasteiger partial charge in [0.2, 0.25) is 5.78 Å². The average Bonchev–Trinajstić information content (AvgIpc) is 3.14. The van der Waals surface area contributed by atoms with E-state index in [9.17, 15) is 9.59 Å². The topological polar surface area (TPSA) is 69.3 Å². The van der Waals surface area contributed by atoms with Gasteiger partial charge in [0, 0.05) is 17.1 Å². The van der Waals surface area contributed by atoms with E-state index in [-0.39, 0.29) is 11.3 Å². The zero-order valence-corrected chi connectivity index (χ0v) is 17.6. The van der Waals surface area contributed by atoms with E-state index in [1.807, 2.05) is 36.4 Å². The Morgan fingerprint density at radius 1 is 1.17 bits per heavy atom. The summed E-state index contributed by atoms with van der Waals surface area (Å²) in [5, 5.41) is 9.87. The molecule has 0 aliphatic rings. The van der Waals surface area contributed by atoms with E-state index in [1.165, 1.54) is 11.8 Å². The maximum atomic E-state index is 12.9. The highest BCUT2D eigenvalue weighted by Crippen LogP contribution is 2.27. The predicted octanol–water partition coefficient (Wildman–Crippen LogP) is 4.47. The molecule has 0 radical (unpaired) electrons. The molecule has 2 heterocycles. The SMILES string of the molecule is CCCn1c(=O)c2ccccc2n2c(SC(C)C(=O)c3cccc(Cl)c3)nnc12. The van der Waals surface area contributed by atoms with Crippen LogP contribution in [-0.4, -0.2) is 30.2 Å². The van der Waals surface area contributed by atoms with Gasteiger partial charge in [0.05, 0.1) is 16.2 Å². The number of thioether (sulfide) groups is 1. The molecule has 4 aromatic rings. The molecule has 4 rings (SSSR count). The number of Topliss-reactive ketones (excluding diaryl/α,β-unsaturated/α-hetero) is 1. The van der Waals surface area contributed by atoms with Gasteiger partial charge in [0.15, 0.2) is 10.9 Å². The van der Waals surface area contributed by atoms with E-state index >= 15 is 0 Å². The number of carbonyl (C=O) groups excluding carboxylic acids is 1. The first-order chi connectivity index (χ1) is 14.0. The van der Waals surface area contributed by atoms with Gasteiger partial charge in [0.25, 0.3) is 5.56 Å². The Morgan fingerprint density at radius 2 is 1.97 bits per heavy atom. The maximum absolute atomic E-state index is 12.9. The summed E-state index contributed by atoms with van der Waals surface area (Å²) in [5.41, 5.74) is 1.20. The number of carbonyl (C=O) groups is 1. The van der Waals surface area contributed by atoms with Crippen LogP contribution in [0.25, 0.3) is 16.7 Å². The molecule has 0 bridgehead atoms. The quantitative estimate of drug-likeness (QED) is 0.336. The number of aryl methyl sites for hydroxylation is 1. The van der Waals surface area contributed by atoms with E-state index in [2.05, 4.69) is 10.2 Å². The molecule has 0 aliphatic heterocycles. The largest absolute Gasteiger partial charge is 0.293 e. The first-order valence-corrected chi connectivity index (χ1v) is 10.6. The van der Waals surface area contributed by atoms with E-state index < -0.39 is 5.25 Å². The van der Waals surface area contributed by atoms with E-state index in [4.69, 9.17) is 11.6 Å². The fraction of sp³-hybridized carbons (Fsp3) is 0.238. The second-order valence-corrected chi connectivity index (χ2v) is 8.47. The minimum absolute atomic E-state index is 0.0413. The van der Waals surface area contributed by atoms with Crippen molar-refractivity contribution in [1.29, 1.82) is 0 Å². The highest BCUT2D eigenvalue weighted by molar-refractivity contribution is 8.00. The summed E-state index contributed by atoms with van der Waals surface area (Å²) < 4.78 is 3.50. The van der Waals surface area contributed by atoms with Crippen molar-refractivity contribution in [2.24, 2.45) is 0 Å². The first-order valence-electron chi connectivity index (χ1n) is 9.34. The van der Waals surface area contributed by atoms with Gasteiger partial charge in [-0.3, -0.25) is 18.6 Å². The molecule has 0 fully saturated rings. The number of aromatic nitrogens is 4. The van der Waals surface area contributed by atoms with Gasteiger partial charge in [-0.15, -0.1) is 10.2 Å². The molecule has 0 spiro atoms. The van der Waals surface area contributed by atoms with Crippen molar-refractivity contribution in [3.63, 3.8) is 0 Å². The summed E-state index contributed by atoms with van der Waals surface area (Å²) in [4.78, 5) is 25.8. The smallest absolute Gasteiger partial charge is 0.262 e. The van der Waals surface area contributed by atoms with Crippen LogP contribution in [0.15, 0.2) is 58.5 Å². The van der Waals surface area contributed by atoms with Crippen molar-refractivity contribution in [2.75, 3.05) is 0 Å². The second kappa shape index (κ2) is 8.00. The molecule has 2 aromatic heterocycles. The van der Waals surface area contributed by atoms with E-state index in [0.717, 1.165) is 11.9 Å². The molecular weight excluding hydrogens is 408 g/mol. The van der Waals surface area contributed by atoms with E-state index in [1.54, 1.807) is 34.9 Å². The van der Waals surface area contributed by atoms with Gasteiger partial charge in [0.1, 0.15) is 0 Å². The van der Waals surface area contributed by atoms with Crippen molar-refractivity contribution in [3.05, 3.63) is 69.5 Å². The minimum Gasteiger partial charge on any atom is -0.293 e. The van der Waals surface area contributed by atoms with Gasteiger partial charge in [-0.1, -0.05) is 54.6 Å². The third-order valence-electron chi connectivity index (χ3n) is 4.69. The minimum atomic E-state index is -0.397. The first kappa shape index (κ1) is 19.7. The number of halogens is 1. The monoisotopic (exact) mass is 426 g/mol. The summed E-state index contributed by atoms with van der Waals surface area (Å²) in [6.07, 6.45) is 0.799. The molecule has 148 valence electrons. The second-order valence-electron chi connectivity index (χ2n) is 6.73. The predicted molar refractivity (Wildman–Crippen MR) is 116 cm³/mol. The standard InChI is InChI=1S/C21H19ClN4O2S/c1-3-11-25-19(28)16-9-4-5-10-17(16)26-20(25)23-24-21(26)29-13(2)18(27)14-7-6-8-15(22)12-14/h4-10,12-13H,3,11H2,1-2H3. The third-order valence-corrected chi connectivity index (χ3v) is 5.96. The van der Waals surface area contributed by atoms with Gasteiger partial charge in [-0.05, 0) is 37.6 Å². The normalized spacial score (nSPS) is 12.5. The Morgan fingerprint density at radius 3 is 2.72 bits per heavy atom. The molecule has 1 atom stereocenters. The molecular formula is C21H19ClN4O2S. The zero-order chi connectivity index (χ0) is 20.5. The number of ketones is 1. The molecule has 6 nitrogen and oxygen atoms in total.